The zero-order valence-electron chi connectivity index (χ0n) is 11.4. The number of hydrogen-bond acceptors (Lipinski definition) is 1. The summed E-state index contributed by atoms with van der Waals surface area (Å²) in [5, 5.41) is 1.67. The van der Waals surface area contributed by atoms with Gasteiger partial charge in [0.05, 0.1) is 6.42 Å². The van der Waals surface area contributed by atoms with E-state index in [9.17, 15) is 4.79 Å². The molecule has 0 radical (unpaired) electrons. The minimum atomic E-state index is -0.0509. The molecule has 0 fully saturated rings. The predicted octanol–water partition coefficient (Wildman–Crippen LogP) is 4.85. The Morgan fingerprint density at radius 3 is 2.29 bits per heavy atom. The van der Waals surface area contributed by atoms with Crippen LogP contribution in [0.2, 0.25) is 15.1 Å². The molecule has 0 heterocycles. The van der Waals surface area contributed by atoms with E-state index >= 15 is 0 Å². The lowest BCUT2D eigenvalue weighted by molar-refractivity contribution is -0.129. The van der Waals surface area contributed by atoms with E-state index in [0.717, 1.165) is 5.56 Å². The van der Waals surface area contributed by atoms with Crippen molar-refractivity contribution in [3.05, 3.63) is 68.7 Å². The molecular formula is C16H14Cl3NO. The van der Waals surface area contributed by atoms with Gasteiger partial charge in [0.15, 0.2) is 0 Å². The highest BCUT2D eigenvalue weighted by atomic mass is 35.5. The van der Waals surface area contributed by atoms with Gasteiger partial charge in [-0.1, -0.05) is 53.0 Å². The number of halogens is 3. The van der Waals surface area contributed by atoms with Crippen molar-refractivity contribution in [1.82, 2.24) is 4.90 Å². The lowest BCUT2D eigenvalue weighted by atomic mass is 10.1. The van der Waals surface area contributed by atoms with E-state index in [2.05, 4.69) is 0 Å². The van der Waals surface area contributed by atoms with Gasteiger partial charge in [-0.15, -0.1) is 0 Å². The Bertz CT molecular complexity index is 637. The summed E-state index contributed by atoms with van der Waals surface area (Å²) in [6.45, 7) is 0.488. The summed E-state index contributed by atoms with van der Waals surface area (Å²) >= 11 is 18.1. The fourth-order valence-electron chi connectivity index (χ4n) is 1.98. The number of hydrogen-bond donors (Lipinski definition) is 0. The molecule has 0 unspecified atom stereocenters. The molecule has 2 nitrogen and oxygen atoms in total. The summed E-state index contributed by atoms with van der Waals surface area (Å²) in [6, 6.07) is 12.7. The smallest absolute Gasteiger partial charge is 0.227 e. The van der Waals surface area contributed by atoms with E-state index in [1.807, 2.05) is 18.2 Å². The molecule has 0 atom stereocenters. The molecule has 0 aromatic heterocycles. The van der Waals surface area contributed by atoms with Crippen LogP contribution in [0.15, 0.2) is 42.5 Å². The van der Waals surface area contributed by atoms with Gasteiger partial charge in [-0.25, -0.2) is 0 Å². The fourth-order valence-corrected chi connectivity index (χ4v) is 2.73. The number of amides is 1. The molecule has 1 amide bonds. The normalized spacial score (nSPS) is 10.5. The Kier molecular flexibility index (Phi) is 5.51. The highest BCUT2D eigenvalue weighted by Crippen LogP contribution is 2.25. The fraction of sp³-hybridized carbons (Fsp3) is 0.188. The summed E-state index contributed by atoms with van der Waals surface area (Å²) in [7, 11) is 1.74. The molecule has 0 N–H and O–H groups in total. The van der Waals surface area contributed by atoms with Crippen LogP contribution in [0.1, 0.15) is 11.1 Å². The predicted molar refractivity (Wildman–Crippen MR) is 88.1 cm³/mol. The van der Waals surface area contributed by atoms with Gasteiger partial charge in [-0.2, -0.15) is 0 Å². The maximum Gasteiger partial charge on any atom is 0.227 e. The van der Waals surface area contributed by atoms with Crippen LogP contribution in [0.5, 0.6) is 0 Å². The lowest BCUT2D eigenvalue weighted by Gasteiger charge is -2.18. The summed E-state index contributed by atoms with van der Waals surface area (Å²) in [6.07, 6.45) is 0.176. The molecule has 0 aliphatic rings. The first-order chi connectivity index (χ1) is 9.97. The monoisotopic (exact) mass is 341 g/mol. The van der Waals surface area contributed by atoms with Crippen LogP contribution in [-0.2, 0) is 17.8 Å². The quantitative estimate of drug-likeness (QED) is 0.778. The first-order valence-corrected chi connectivity index (χ1v) is 7.52. The van der Waals surface area contributed by atoms with Gasteiger partial charge in [0, 0.05) is 28.7 Å². The van der Waals surface area contributed by atoms with Crippen molar-refractivity contribution in [2.75, 3.05) is 7.05 Å². The Hall–Kier alpha value is -1.22. The molecule has 110 valence electrons. The Labute approximate surface area is 139 Å². The highest BCUT2D eigenvalue weighted by Gasteiger charge is 2.14. The largest absolute Gasteiger partial charge is 0.341 e. The van der Waals surface area contributed by atoms with Crippen molar-refractivity contribution in [3.8, 4) is 0 Å². The van der Waals surface area contributed by atoms with E-state index in [4.69, 9.17) is 34.8 Å². The zero-order chi connectivity index (χ0) is 15.4. The molecule has 0 saturated heterocycles. The first kappa shape index (κ1) is 16.2. The number of likely N-dealkylation sites (N-methyl/N-ethyl adjacent to an activating group) is 1. The SMILES string of the molecule is CN(Cc1cccc(Cl)c1)C(=O)Cc1c(Cl)cccc1Cl. The first-order valence-electron chi connectivity index (χ1n) is 6.38. The van der Waals surface area contributed by atoms with Gasteiger partial charge < -0.3 is 4.90 Å². The second-order valence-electron chi connectivity index (χ2n) is 4.76. The minimum Gasteiger partial charge on any atom is -0.341 e. The van der Waals surface area contributed by atoms with Gasteiger partial charge in [-0.3, -0.25) is 4.79 Å². The van der Waals surface area contributed by atoms with Gasteiger partial charge in [0.1, 0.15) is 0 Å². The summed E-state index contributed by atoms with van der Waals surface area (Å²) in [5.41, 5.74) is 1.63. The van der Waals surface area contributed by atoms with Gasteiger partial charge in [0.25, 0.3) is 0 Å². The standard InChI is InChI=1S/C16H14Cl3NO/c1-20(10-11-4-2-5-12(17)8-11)16(21)9-13-14(18)6-3-7-15(13)19/h2-8H,9-10H2,1H3. The van der Waals surface area contributed by atoms with Crippen LogP contribution in [-0.4, -0.2) is 17.9 Å². The maximum atomic E-state index is 12.3. The maximum absolute atomic E-state index is 12.3. The Morgan fingerprint density at radius 1 is 1.05 bits per heavy atom. The Morgan fingerprint density at radius 2 is 1.67 bits per heavy atom. The molecule has 5 heteroatoms. The summed E-state index contributed by atoms with van der Waals surface area (Å²) in [4.78, 5) is 13.9. The summed E-state index contributed by atoms with van der Waals surface area (Å²) < 4.78 is 0. The molecule has 2 aromatic carbocycles. The molecule has 0 spiro atoms. The average molecular weight is 343 g/mol. The molecule has 2 aromatic rings. The number of carbonyl (C=O) groups excluding carboxylic acids is 1. The van der Waals surface area contributed by atoms with Crippen molar-refractivity contribution in [2.45, 2.75) is 13.0 Å². The molecule has 0 saturated carbocycles. The van der Waals surface area contributed by atoms with Crippen LogP contribution in [0.4, 0.5) is 0 Å². The van der Waals surface area contributed by atoms with Gasteiger partial charge in [-0.05, 0) is 35.4 Å². The number of carbonyl (C=O) groups is 1. The molecule has 0 aliphatic heterocycles. The Balaban J connectivity index is 2.06. The molecule has 21 heavy (non-hydrogen) atoms. The number of benzene rings is 2. The molecule has 0 bridgehead atoms. The van der Waals surface area contributed by atoms with Crippen LogP contribution >= 0.6 is 34.8 Å². The molecule has 2 rings (SSSR count). The highest BCUT2D eigenvalue weighted by molar-refractivity contribution is 6.36. The minimum absolute atomic E-state index is 0.0509. The third-order valence-corrected chi connectivity index (χ3v) is 4.07. The third-order valence-electron chi connectivity index (χ3n) is 3.12. The average Bonchev–Trinajstić information content (AvgIpc) is 2.43. The van der Waals surface area contributed by atoms with Crippen molar-refractivity contribution in [1.29, 1.82) is 0 Å². The number of rotatable bonds is 4. The number of nitrogens with zero attached hydrogens (tertiary/aromatic N) is 1. The van der Waals surface area contributed by atoms with Crippen molar-refractivity contribution in [2.24, 2.45) is 0 Å². The second kappa shape index (κ2) is 7.17. The van der Waals surface area contributed by atoms with Gasteiger partial charge >= 0.3 is 0 Å². The van der Waals surface area contributed by atoms with Gasteiger partial charge in [0.2, 0.25) is 5.91 Å². The van der Waals surface area contributed by atoms with Crippen LogP contribution in [0, 0.1) is 0 Å². The van der Waals surface area contributed by atoms with E-state index in [0.29, 0.717) is 27.2 Å². The van der Waals surface area contributed by atoms with E-state index < -0.39 is 0 Å². The third kappa shape index (κ3) is 4.37. The molecular weight excluding hydrogens is 329 g/mol. The van der Waals surface area contributed by atoms with E-state index in [1.165, 1.54) is 0 Å². The van der Waals surface area contributed by atoms with Crippen LogP contribution < -0.4 is 0 Å². The lowest BCUT2D eigenvalue weighted by Crippen LogP contribution is -2.27. The topological polar surface area (TPSA) is 20.3 Å². The molecule has 0 aliphatic carbocycles. The van der Waals surface area contributed by atoms with Crippen molar-refractivity contribution in [3.63, 3.8) is 0 Å². The zero-order valence-corrected chi connectivity index (χ0v) is 13.7. The van der Waals surface area contributed by atoms with Crippen LogP contribution in [0.25, 0.3) is 0 Å². The van der Waals surface area contributed by atoms with E-state index in [1.54, 1.807) is 36.2 Å². The second-order valence-corrected chi connectivity index (χ2v) is 6.01. The van der Waals surface area contributed by atoms with E-state index in [-0.39, 0.29) is 12.3 Å². The van der Waals surface area contributed by atoms with Crippen molar-refractivity contribution >= 4 is 40.7 Å². The van der Waals surface area contributed by atoms with Crippen LogP contribution in [0.3, 0.4) is 0 Å². The summed E-state index contributed by atoms with van der Waals surface area (Å²) in [5.74, 6) is -0.0509. The van der Waals surface area contributed by atoms with Crippen molar-refractivity contribution < 1.29 is 4.79 Å².